The first-order valence-corrected chi connectivity index (χ1v) is 7.04. The minimum Gasteiger partial charge on any atom is -0.393 e. The van der Waals surface area contributed by atoms with E-state index in [4.69, 9.17) is 5.11 Å². The highest BCUT2D eigenvalue weighted by atomic mass is 32.2. The Bertz CT molecular complexity index is 446. The summed E-state index contributed by atoms with van der Waals surface area (Å²) < 4.78 is 26.5. The number of aliphatic hydroxyl groups excluding tert-OH is 1. The van der Waals surface area contributed by atoms with E-state index in [1.165, 1.54) is 11.3 Å². The van der Waals surface area contributed by atoms with E-state index in [1.807, 2.05) is 6.92 Å². The number of hydrogen-bond donors (Lipinski definition) is 2. The molecule has 84 valence electrons. The summed E-state index contributed by atoms with van der Waals surface area (Å²) in [7, 11) is -3.37. The summed E-state index contributed by atoms with van der Waals surface area (Å²) in [5.74, 6) is 0. The Morgan fingerprint density at radius 2 is 2.13 bits per heavy atom. The summed E-state index contributed by atoms with van der Waals surface area (Å²) in [6.07, 6.45) is 0.690. The van der Waals surface area contributed by atoms with Crippen LogP contribution in [0.4, 0.5) is 0 Å². The molecule has 2 rings (SSSR count). The van der Waals surface area contributed by atoms with Crippen LogP contribution in [0.1, 0.15) is 17.7 Å². The smallest absolute Gasteiger partial charge is 0.250 e. The lowest BCUT2D eigenvalue weighted by Gasteiger charge is -2.31. The Kier molecular flexibility index (Phi) is 2.85. The van der Waals surface area contributed by atoms with Gasteiger partial charge in [-0.1, -0.05) is 0 Å². The molecule has 0 spiro atoms. The molecule has 0 aromatic carbocycles. The van der Waals surface area contributed by atoms with Crippen LogP contribution in [0.2, 0.25) is 0 Å². The fraction of sp³-hybridized carbons (Fsp3) is 0.556. The largest absolute Gasteiger partial charge is 0.393 e. The van der Waals surface area contributed by atoms with Crippen LogP contribution in [-0.2, 0) is 10.0 Å². The third-order valence-corrected chi connectivity index (χ3v) is 5.43. The second kappa shape index (κ2) is 3.86. The van der Waals surface area contributed by atoms with Crippen molar-refractivity contribution < 1.29 is 13.5 Å². The van der Waals surface area contributed by atoms with Gasteiger partial charge in [0, 0.05) is 10.9 Å². The number of aliphatic hydroxyl groups is 1. The summed E-state index contributed by atoms with van der Waals surface area (Å²) >= 11 is 1.26. The van der Waals surface area contributed by atoms with Crippen molar-refractivity contribution in [3.8, 4) is 0 Å². The van der Waals surface area contributed by atoms with Crippen molar-refractivity contribution in [1.29, 1.82) is 0 Å². The molecule has 1 aliphatic carbocycles. The van der Waals surface area contributed by atoms with Gasteiger partial charge in [-0.3, -0.25) is 0 Å². The van der Waals surface area contributed by atoms with Gasteiger partial charge in [0.25, 0.3) is 0 Å². The van der Waals surface area contributed by atoms with Gasteiger partial charge in [0.2, 0.25) is 10.0 Å². The third-order valence-electron chi connectivity index (χ3n) is 2.42. The number of rotatable bonds is 3. The van der Waals surface area contributed by atoms with Gasteiger partial charge in [-0.15, -0.1) is 11.3 Å². The highest BCUT2D eigenvalue weighted by Crippen LogP contribution is 2.25. The number of thiophene rings is 1. The molecule has 1 aliphatic rings. The molecular weight excluding hydrogens is 234 g/mol. The Hall–Kier alpha value is -0.430. The van der Waals surface area contributed by atoms with E-state index in [2.05, 4.69) is 4.72 Å². The van der Waals surface area contributed by atoms with Crippen LogP contribution in [0.25, 0.3) is 0 Å². The molecule has 1 aromatic heterocycles. The van der Waals surface area contributed by atoms with Crippen LogP contribution < -0.4 is 4.72 Å². The Labute approximate surface area is 93.0 Å². The minimum atomic E-state index is -3.37. The van der Waals surface area contributed by atoms with Crippen molar-refractivity contribution in [3.63, 3.8) is 0 Å². The molecule has 0 aliphatic heterocycles. The van der Waals surface area contributed by atoms with Gasteiger partial charge in [-0.05, 0) is 31.9 Å². The fourth-order valence-electron chi connectivity index (χ4n) is 1.52. The zero-order valence-electron chi connectivity index (χ0n) is 8.30. The van der Waals surface area contributed by atoms with Crippen molar-refractivity contribution in [2.24, 2.45) is 0 Å². The molecule has 6 heteroatoms. The van der Waals surface area contributed by atoms with Gasteiger partial charge >= 0.3 is 0 Å². The first-order chi connectivity index (χ1) is 6.97. The molecule has 1 fully saturated rings. The average Bonchev–Trinajstić information content (AvgIpc) is 2.49. The average molecular weight is 247 g/mol. The van der Waals surface area contributed by atoms with Crippen LogP contribution in [-0.4, -0.2) is 25.7 Å². The molecule has 0 unspecified atom stereocenters. The molecule has 2 N–H and O–H groups in total. The normalized spacial score (nSPS) is 26.3. The summed E-state index contributed by atoms with van der Waals surface area (Å²) in [5, 5.41) is 9.06. The number of aryl methyl sites for hydroxylation is 1. The maximum Gasteiger partial charge on any atom is 0.250 e. The second-order valence-electron chi connectivity index (χ2n) is 3.81. The maximum absolute atomic E-state index is 11.8. The molecule has 0 amide bonds. The van der Waals surface area contributed by atoms with E-state index < -0.39 is 10.0 Å². The van der Waals surface area contributed by atoms with Crippen LogP contribution in [0.5, 0.6) is 0 Å². The van der Waals surface area contributed by atoms with E-state index in [1.54, 1.807) is 12.1 Å². The van der Waals surface area contributed by atoms with Gasteiger partial charge in [0.1, 0.15) is 4.21 Å². The number of hydrogen-bond acceptors (Lipinski definition) is 4. The molecule has 1 saturated carbocycles. The Balaban J connectivity index is 2.07. The number of sulfonamides is 1. The van der Waals surface area contributed by atoms with E-state index >= 15 is 0 Å². The van der Waals surface area contributed by atoms with Crippen molar-refractivity contribution in [1.82, 2.24) is 4.72 Å². The molecule has 15 heavy (non-hydrogen) atoms. The first-order valence-electron chi connectivity index (χ1n) is 4.74. The predicted octanol–water partition coefficient (Wildman–Crippen LogP) is 0.858. The zero-order valence-corrected chi connectivity index (χ0v) is 9.94. The standard InChI is InChI=1S/C9H13NO3S2/c1-6-2-3-9(14-6)15(12,13)10-7-4-8(11)5-7/h2-3,7-8,10-11H,4-5H2,1H3. The van der Waals surface area contributed by atoms with Crippen molar-refractivity contribution in [2.75, 3.05) is 0 Å². The van der Waals surface area contributed by atoms with Crippen molar-refractivity contribution >= 4 is 21.4 Å². The summed E-state index contributed by atoms with van der Waals surface area (Å²) in [4.78, 5) is 0.976. The Morgan fingerprint density at radius 1 is 1.47 bits per heavy atom. The van der Waals surface area contributed by atoms with Crippen molar-refractivity contribution in [2.45, 2.75) is 36.1 Å². The lowest BCUT2D eigenvalue weighted by atomic mass is 9.91. The predicted molar refractivity (Wildman–Crippen MR) is 58.4 cm³/mol. The molecule has 0 atom stereocenters. The lowest BCUT2D eigenvalue weighted by molar-refractivity contribution is 0.0712. The topological polar surface area (TPSA) is 66.4 Å². The zero-order chi connectivity index (χ0) is 11.1. The van der Waals surface area contributed by atoms with Gasteiger partial charge in [-0.2, -0.15) is 0 Å². The molecule has 0 bridgehead atoms. The van der Waals surface area contributed by atoms with E-state index in [-0.39, 0.29) is 12.1 Å². The number of nitrogens with one attached hydrogen (secondary N) is 1. The maximum atomic E-state index is 11.8. The highest BCUT2D eigenvalue weighted by Gasteiger charge is 2.31. The summed E-state index contributed by atoms with van der Waals surface area (Å²) in [6.45, 7) is 1.87. The second-order valence-corrected chi connectivity index (χ2v) is 7.04. The molecule has 4 nitrogen and oxygen atoms in total. The molecule has 0 radical (unpaired) electrons. The van der Waals surface area contributed by atoms with Crippen LogP contribution in [0.3, 0.4) is 0 Å². The van der Waals surface area contributed by atoms with Gasteiger partial charge < -0.3 is 5.11 Å². The fourth-order valence-corrected chi connectivity index (χ4v) is 4.08. The summed E-state index contributed by atoms with van der Waals surface area (Å²) in [5.41, 5.74) is 0. The SMILES string of the molecule is Cc1ccc(S(=O)(=O)NC2CC(O)C2)s1. The van der Waals surface area contributed by atoms with Gasteiger partial charge in [0.05, 0.1) is 6.10 Å². The molecule has 0 saturated heterocycles. The monoisotopic (exact) mass is 247 g/mol. The third kappa shape index (κ3) is 2.39. The minimum absolute atomic E-state index is 0.104. The Morgan fingerprint density at radius 3 is 2.60 bits per heavy atom. The highest BCUT2D eigenvalue weighted by molar-refractivity contribution is 7.91. The lowest BCUT2D eigenvalue weighted by Crippen LogP contribution is -2.46. The van der Waals surface area contributed by atoms with Crippen LogP contribution >= 0.6 is 11.3 Å². The molecule has 1 aromatic rings. The van der Waals surface area contributed by atoms with E-state index in [9.17, 15) is 8.42 Å². The van der Waals surface area contributed by atoms with E-state index in [0.717, 1.165) is 4.88 Å². The molecule has 1 heterocycles. The summed E-state index contributed by atoms with van der Waals surface area (Å²) in [6, 6.07) is 3.29. The quantitative estimate of drug-likeness (QED) is 0.832. The first kappa shape index (κ1) is 11.1. The van der Waals surface area contributed by atoms with Gasteiger partial charge in [0.15, 0.2) is 0 Å². The van der Waals surface area contributed by atoms with Gasteiger partial charge in [-0.25, -0.2) is 13.1 Å². The van der Waals surface area contributed by atoms with Crippen LogP contribution in [0.15, 0.2) is 16.3 Å². The van der Waals surface area contributed by atoms with E-state index in [0.29, 0.717) is 17.1 Å². The van der Waals surface area contributed by atoms with Crippen molar-refractivity contribution in [3.05, 3.63) is 17.0 Å². The van der Waals surface area contributed by atoms with Crippen LogP contribution in [0, 0.1) is 6.92 Å². The molecular formula is C9H13NO3S2.